The normalized spacial score (nSPS) is 15.5. The third-order valence-corrected chi connectivity index (χ3v) is 1.86. The molecular weight excluding hydrogens is 138 g/mol. The molecule has 0 rings (SSSR count). The molecular formula is C9H21NO. The van der Waals surface area contributed by atoms with Gasteiger partial charge in [0.2, 0.25) is 0 Å². The highest BCUT2D eigenvalue weighted by Gasteiger charge is 2.14. The Labute approximate surface area is 70.0 Å². The highest BCUT2D eigenvalue weighted by molar-refractivity contribution is 4.72. The Kier molecular flexibility index (Phi) is 4.04. The fraction of sp³-hybridized carbons (Fsp3) is 1.00. The zero-order chi connectivity index (χ0) is 9.07. The van der Waals surface area contributed by atoms with E-state index in [2.05, 4.69) is 26.1 Å². The summed E-state index contributed by atoms with van der Waals surface area (Å²) >= 11 is 0. The molecule has 0 spiro atoms. The summed E-state index contributed by atoms with van der Waals surface area (Å²) < 4.78 is 0. The fourth-order valence-electron chi connectivity index (χ4n) is 0.646. The minimum Gasteiger partial charge on any atom is -0.389 e. The maximum atomic E-state index is 9.39. The second kappa shape index (κ2) is 4.07. The van der Waals surface area contributed by atoms with Gasteiger partial charge in [-0.25, -0.2) is 0 Å². The lowest BCUT2D eigenvalue weighted by Gasteiger charge is -2.23. The van der Waals surface area contributed by atoms with Crippen LogP contribution in [0.2, 0.25) is 0 Å². The number of rotatable bonds is 4. The average molecular weight is 159 g/mol. The maximum absolute atomic E-state index is 9.39. The molecule has 0 aromatic carbocycles. The Morgan fingerprint density at radius 2 is 1.73 bits per heavy atom. The van der Waals surface area contributed by atoms with E-state index in [1.165, 1.54) is 0 Å². The van der Waals surface area contributed by atoms with Crippen LogP contribution in [0.25, 0.3) is 0 Å². The van der Waals surface area contributed by atoms with Crippen LogP contribution in [-0.4, -0.2) is 23.3 Å². The predicted molar refractivity (Wildman–Crippen MR) is 48.6 cm³/mol. The van der Waals surface area contributed by atoms with Crippen molar-refractivity contribution in [3.8, 4) is 0 Å². The zero-order valence-electron chi connectivity index (χ0n) is 8.31. The monoisotopic (exact) mass is 159 g/mol. The van der Waals surface area contributed by atoms with Gasteiger partial charge in [-0.15, -0.1) is 0 Å². The summed E-state index contributed by atoms with van der Waals surface area (Å²) in [6.45, 7) is 10.8. The molecule has 0 bridgehead atoms. The van der Waals surface area contributed by atoms with Crippen molar-refractivity contribution < 1.29 is 5.11 Å². The third-order valence-electron chi connectivity index (χ3n) is 1.86. The van der Waals surface area contributed by atoms with Gasteiger partial charge in [-0.1, -0.05) is 13.8 Å². The molecule has 0 aliphatic rings. The van der Waals surface area contributed by atoms with E-state index in [4.69, 9.17) is 0 Å². The Hall–Kier alpha value is -0.0800. The Morgan fingerprint density at radius 3 is 2.00 bits per heavy atom. The zero-order valence-corrected chi connectivity index (χ0v) is 8.31. The first-order chi connectivity index (χ1) is 4.83. The maximum Gasteiger partial charge on any atom is 0.0715 e. The van der Waals surface area contributed by atoms with E-state index >= 15 is 0 Å². The molecule has 0 radical (unpaired) electrons. The highest BCUT2D eigenvalue weighted by Crippen LogP contribution is 2.03. The largest absolute Gasteiger partial charge is 0.389 e. The topological polar surface area (TPSA) is 32.3 Å². The van der Waals surface area contributed by atoms with Gasteiger partial charge in [0.15, 0.2) is 0 Å². The Morgan fingerprint density at radius 1 is 1.27 bits per heavy atom. The van der Waals surface area contributed by atoms with Crippen molar-refractivity contribution >= 4 is 0 Å². The molecule has 0 heterocycles. The second-order valence-corrected chi connectivity index (χ2v) is 4.23. The van der Waals surface area contributed by atoms with E-state index in [0.717, 1.165) is 0 Å². The first kappa shape index (κ1) is 10.9. The van der Waals surface area contributed by atoms with Gasteiger partial charge in [0.25, 0.3) is 0 Å². The third kappa shape index (κ3) is 6.32. The van der Waals surface area contributed by atoms with Crippen LogP contribution < -0.4 is 5.32 Å². The molecule has 1 atom stereocenters. The Bertz CT molecular complexity index is 105. The van der Waals surface area contributed by atoms with Crippen molar-refractivity contribution in [3.63, 3.8) is 0 Å². The predicted octanol–water partition coefficient (Wildman–Crippen LogP) is 1.39. The Balaban J connectivity index is 3.54. The van der Waals surface area contributed by atoms with E-state index in [0.29, 0.717) is 18.5 Å². The van der Waals surface area contributed by atoms with Gasteiger partial charge in [0.05, 0.1) is 5.60 Å². The number of hydrogen-bond donors (Lipinski definition) is 2. The molecule has 0 aliphatic heterocycles. The summed E-state index contributed by atoms with van der Waals surface area (Å²) in [6, 6.07) is 0.474. The van der Waals surface area contributed by atoms with Crippen molar-refractivity contribution in [2.24, 2.45) is 5.92 Å². The summed E-state index contributed by atoms with van der Waals surface area (Å²) in [4.78, 5) is 0. The van der Waals surface area contributed by atoms with Crippen molar-refractivity contribution in [2.45, 2.75) is 46.3 Å². The van der Waals surface area contributed by atoms with Crippen molar-refractivity contribution in [3.05, 3.63) is 0 Å². The van der Waals surface area contributed by atoms with Crippen LogP contribution in [0, 0.1) is 5.92 Å². The number of hydrogen-bond acceptors (Lipinski definition) is 2. The smallest absolute Gasteiger partial charge is 0.0715 e. The molecule has 2 heteroatoms. The van der Waals surface area contributed by atoms with E-state index in [1.54, 1.807) is 0 Å². The number of aliphatic hydroxyl groups is 1. The lowest BCUT2D eigenvalue weighted by Crippen LogP contribution is -2.41. The van der Waals surface area contributed by atoms with Gasteiger partial charge in [-0.2, -0.15) is 0 Å². The lowest BCUT2D eigenvalue weighted by molar-refractivity contribution is 0.0752. The fourth-order valence-corrected chi connectivity index (χ4v) is 0.646. The number of nitrogens with one attached hydrogen (secondary N) is 1. The highest BCUT2D eigenvalue weighted by atomic mass is 16.3. The minimum atomic E-state index is -0.594. The molecule has 0 aliphatic carbocycles. The van der Waals surface area contributed by atoms with Crippen LogP contribution in [-0.2, 0) is 0 Å². The summed E-state index contributed by atoms with van der Waals surface area (Å²) in [6.07, 6.45) is 0. The quantitative estimate of drug-likeness (QED) is 0.649. The van der Waals surface area contributed by atoms with Crippen molar-refractivity contribution in [1.29, 1.82) is 0 Å². The molecule has 0 unspecified atom stereocenters. The van der Waals surface area contributed by atoms with E-state index in [9.17, 15) is 5.11 Å². The molecule has 11 heavy (non-hydrogen) atoms. The first-order valence-electron chi connectivity index (χ1n) is 4.28. The lowest BCUT2D eigenvalue weighted by atomic mass is 10.0. The van der Waals surface area contributed by atoms with Crippen molar-refractivity contribution in [1.82, 2.24) is 5.32 Å². The SMILES string of the molecule is CC(C)[C@@H](C)NCC(C)(C)O. The van der Waals surface area contributed by atoms with Gasteiger partial charge in [0.1, 0.15) is 0 Å². The van der Waals surface area contributed by atoms with Gasteiger partial charge in [-0.05, 0) is 26.7 Å². The summed E-state index contributed by atoms with van der Waals surface area (Å²) in [5, 5.41) is 12.7. The summed E-state index contributed by atoms with van der Waals surface area (Å²) in [7, 11) is 0. The summed E-state index contributed by atoms with van der Waals surface area (Å²) in [5.41, 5.74) is -0.594. The van der Waals surface area contributed by atoms with E-state index in [1.807, 2.05) is 13.8 Å². The molecule has 0 fully saturated rings. The van der Waals surface area contributed by atoms with Crippen LogP contribution >= 0.6 is 0 Å². The second-order valence-electron chi connectivity index (χ2n) is 4.23. The van der Waals surface area contributed by atoms with Crippen LogP contribution in [0.4, 0.5) is 0 Å². The first-order valence-corrected chi connectivity index (χ1v) is 4.28. The molecule has 0 aromatic rings. The molecule has 0 amide bonds. The molecule has 0 saturated carbocycles. The van der Waals surface area contributed by atoms with Gasteiger partial charge in [0, 0.05) is 12.6 Å². The van der Waals surface area contributed by atoms with Crippen LogP contribution in [0.15, 0.2) is 0 Å². The minimum absolute atomic E-state index is 0.474. The molecule has 2 N–H and O–H groups in total. The summed E-state index contributed by atoms with van der Waals surface area (Å²) in [5.74, 6) is 0.623. The molecule has 68 valence electrons. The van der Waals surface area contributed by atoms with Crippen LogP contribution in [0.3, 0.4) is 0 Å². The van der Waals surface area contributed by atoms with E-state index < -0.39 is 5.60 Å². The molecule has 0 aromatic heterocycles. The van der Waals surface area contributed by atoms with Gasteiger partial charge >= 0.3 is 0 Å². The van der Waals surface area contributed by atoms with Gasteiger partial charge in [-0.3, -0.25) is 0 Å². The van der Waals surface area contributed by atoms with Crippen LogP contribution in [0.1, 0.15) is 34.6 Å². The standard InChI is InChI=1S/C9H21NO/c1-7(2)8(3)10-6-9(4,5)11/h7-8,10-11H,6H2,1-5H3/t8-/m1/s1. The average Bonchev–Trinajstić information content (AvgIpc) is 1.80. The molecule has 0 saturated heterocycles. The van der Waals surface area contributed by atoms with E-state index in [-0.39, 0.29) is 0 Å². The van der Waals surface area contributed by atoms with Crippen LogP contribution in [0.5, 0.6) is 0 Å². The molecule has 2 nitrogen and oxygen atoms in total. The van der Waals surface area contributed by atoms with Gasteiger partial charge < -0.3 is 10.4 Å². The van der Waals surface area contributed by atoms with Crippen molar-refractivity contribution in [2.75, 3.05) is 6.54 Å².